The largest absolute Gasteiger partial charge is 0.469 e. The lowest BCUT2D eigenvalue weighted by Gasteiger charge is -2.31. The van der Waals surface area contributed by atoms with Gasteiger partial charge in [-0.05, 0) is 13.0 Å². The van der Waals surface area contributed by atoms with Crippen LogP contribution in [0.1, 0.15) is 53.8 Å². The first-order chi connectivity index (χ1) is 10.6. The molecule has 0 aromatic carbocycles. The molecule has 2 aromatic rings. The van der Waals surface area contributed by atoms with Crippen LogP contribution in [0.15, 0.2) is 21.2 Å². The number of nitrogens with zero attached hydrogens (tertiary/aromatic N) is 3. The summed E-state index contributed by atoms with van der Waals surface area (Å²) in [5.41, 5.74) is 0.578. The van der Waals surface area contributed by atoms with Gasteiger partial charge in [-0.25, -0.2) is 0 Å². The topological polar surface area (TPSA) is 81.6 Å². The van der Waals surface area contributed by atoms with Crippen molar-refractivity contribution < 1.29 is 18.4 Å². The minimum Gasteiger partial charge on any atom is -0.469 e. The van der Waals surface area contributed by atoms with E-state index in [0.717, 1.165) is 0 Å². The molecular weight excluding hydrogens is 286 g/mol. The fourth-order valence-electron chi connectivity index (χ4n) is 2.37. The van der Waals surface area contributed by atoms with Crippen LogP contribution in [0, 0.1) is 6.92 Å². The molecule has 0 bridgehead atoms. The summed E-state index contributed by atoms with van der Waals surface area (Å²) < 4.78 is 16.5. The van der Waals surface area contributed by atoms with Gasteiger partial charge in [0.2, 0.25) is 11.8 Å². The first-order valence-corrected chi connectivity index (χ1v) is 7.34. The van der Waals surface area contributed by atoms with Crippen molar-refractivity contribution in [2.45, 2.75) is 32.8 Å². The molecule has 1 atom stereocenters. The second-order valence-corrected chi connectivity index (χ2v) is 5.63. The highest BCUT2D eigenvalue weighted by Gasteiger charge is 2.30. The lowest BCUT2D eigenvalue weighted by atomic mass is 10.2. The Labute approximate surface area is 128 Å². The highest BCUT2D eigenvalue weighted by molar-refractivity contribution is 5.95. The van der Waals surface area contributed by atoms with Crippen LogP contribution < -0.4 is 0 Å². The number of hydrogen-bond donors (Lipinski definition) is 0. The number of amides is 1. The van der Waals surface area contributed by atoms with Crippen LogP contribution in [-0.4, -0.2) is 40.7 Å². The average Bonchev–Trinajstić information content (AvgIpc) is 3.15. The van der Waals surface area contributed by atoms with E-state index in [1.807, 2.05) is 13.8 Å². The van der Waals surface area contributed by atoms with E-state index in [-0.39, 0.29) is 17.9 Å². The van der Waals surface area contributed by atoms with Crippen molar-refractivity contribution in [3.63, 3.8) is 0 Å². The summed E-state index contributed by atoms with van der Waals surface area (Å²) >= 11 is 0. The molecule has 7 heteroatoms. The number of hydrogen-bond acceptors (Lipinski definition) is 6. The van der Waals surface area contributed by atoms with Gasteiger partial charge in [-0.3, -0.25) is 4.79 Å². The fourth-order valence-corrected chi connectivity index (χ4v) is 2.37. The summed E-state index contributed by atoms with van der Waals surface area (Å²) in [4.78, 5) is 14.2. The van der Waals surface area contributed by atoms with Gasteiger partial charge in [-0.15, -0.1) is 10.2 Å². The highest BCUT2D eigenvalue weighted by atomic mass is 16.5. The van der Waals surface area contributed by atoms with Crippen LogP contribution in [0.3, 0.4) is 0 Å². The summed E-state index contributed by atoms with van der Waals surface area (Å²) in [6, 6.07) is 1.69. The molecule has 2 aromatic heterocycles. The number of ether oxygens (including phenoxy) is 1. The summed E-state index contributed by atoms with van der Waals surface area (Å²) in [6.07, 6.45) is 1.14. The standard InChI is InChI=1S/C15H19N3O4/c1-9(2)13-16-17-14(22-13)12-8-18(5-7-21-12)15(19)11-4-6-20-10(11)3/h4,6,9,12H,5,7-8H2,1-3H3/t12-/m0/s1. The zero-order valence-electron chi connectivity index (χ0n) is 12.9. The van der Waals surface area contributed by atoms with Crippen LogP contribution in [0.2, 0.25) is 0 Å². The van der Waals surface area contributed by atoms with Crippen LogP contribution in [0.25, 0.3) is 0 Å². The first-order valence-electron chi connectivity index (χ1n) is 7.34. The molecular formula is C15H19N3O4. The zero-order valence-corrected chi connectivity index (χ0v) is 12.9. The molecule has 0 unspecified atom stereocenters. The third kappa shape index (κ3) is 2.76. The zero-order chi connectivity index (χ0) is 15.7. The Morgan fingerprint density at radius 2 is 2.23 bits per heavy atom. The second kappa shape index (κ2) is 5.92. The maximum absolute atomic E-state index is 12.5. The van der Waals surface area contributed by atoms with E-state index in [9.17, 15) is 4.79 Å². The summed E-state index contributed by atoms with van der Waals surface area (Å²) in [5.74, 6) is 1.71. The number of furan rings is 1. The lowest BCUT2D eigenvalue weighted by molar-refractivity contribution is -0.0351. The fraction of sp³-hybridized carbons (Fsp3) is 0.533. The summed E-state index contributed by atoms with van der Waals surface area (Å²) in [6.45, 7) is 7.10. The van der Waals surface area contributed by atoms with Crippen molar-refractivity contribution in [1.82, 2.24) is 15.1 Å². The van der Waals surface area contributed by atoms with Gasteiger partial charge in [0, 0.05) is 12.5 Å². The quantitative estimate of drug-likeness (QED) is 0.865. The Kier molecular flexibility index (Phi) is 3.98. The van der Waals surface area contributed by atoms with Crippen molar-refractivity contribution in [2.75, 3.05) is 19.7 Å². The van der Waals surface area contributed by atoms with Gasteiger partial charge in [-0.2, -0.15) is 0 Å². The van der Waals surface area contributed by atoms with Crippen LogP contribution in [-0.2, 0) is 4.74 Å². The van der Waals surface area contributed by atoms with E-state index in [1.165, 1.54) is 6.26 Å². The molecule has 0 N–H and O–H groups in total. The number of rotatable bonds is 3. The predicted molar refractivity (Wildman–Crippen MR) is 76.4 cm³/mol. The van der Waals surface area contributed by atoms with Crippen molar-refractivity contribution >= 4 is 5.91 Å². The Balaban J connectivity index is 1.73. The van der Waals surface area contributed by atoms with E-state index in [2.05, 4.69) is 10.2 Å². The summed E-state index contributed by atoms with van der Waals surface area (Å²) in [7, 11) is 0. The Bertz CT molecular complexity index is 661. The number of aromatic nitrogens is 2. The molecule has 1 aliphatic heterocycles. The van der Waals surface area contributed by atoms with Gasteiger partial charge in [0.1, 0.15) is 5.76 Å². The molecule has 22 heavy (non-hydrogen) atoms. The van der Waals surface area contributed by atoms with Gasteiger partial charge >= 0.3 is 0 Å². The van der Waals surface area contributed by atoms with Gasteiger partial charge in [0.15, 0.2) is 6.10 Å². The summed E-state index contributed by atoms with van der Waals surface area (Å²) in [5, 5.41) is 8.05. The van der Waals surface area contributed by atoms with E-state index in [1.54, 1.807) is 17.9 Å². The van der Waals surface area contributed by atoms with Gasteiger partial charge < -0.3 is 18.5 Å². The number of aryl methyl sites for hydroxylation is 1. The Morgan fingerprint density at radius 3 is 2.86 bits per heavy atom. The molecule has 0 radical (unpaired) electrons. The molecule has 1 fully saturated rings. The van der Waals surface area contributed by atoms with Gasteiger partial charge in [0.05, 0.1) is 25.0 Å². The number of carbonyl (C=O) groups is 1. The number of carbonyl (C=O) groups excluding carboxylic acids is 1. The normalized spacial score (nSPS) is 18.9. The Morgan fingerprint density at radius 1 is 1.41 bits per heavy atom. The van der Waals surface area contributed by atoms with E-state index >= 15 is 0 Å². The van der Waals surface area contributed by atoms with Gasteiger partial charge in [0.25, 0.3) is 5.91 Å². The third-order valence-electron chi connectivity index (χ3n) is 3.67. The predicted octanol–water partition coefficient (Wildman–Crippen LogP) is 2.31. The molecule has 1 aliphatic rings. The molecule has 0 aliphatic carbocycles. The van der Waals surface area contributed by atoms with Crippen molar-refractivity contribution in [3.8, 4) is 0 Å². The van der Waals surface area contributed by atoms with Crippen LogP contribution in [0.4, 0.5) is 0 Å². The van der Waals surface area contributed by atoms with E-state index in [0.29, 0.717) is 42.8 Å². The molecule has 1 amide bonds. The van der Waals surface area contributed by atoms with E-state index < -0.39 is 0 Å². The minimum atomic E-state index is -0.384. The SMILES string of the molecule is Cc1occc1C(=O)N1CCO[C@H](c2nnc(C(C)C)o2)C1. The average molecular weight is 305 g/mol. The molecule has 0 saturated carbocycles. The van der Waals surface area contributed by atoms with Crippen molar-refractivity contribution in [1.29, 1.82) is 0 Å². The minimum absolute atomic E-state index is 0.0665. The molecule has 3 rings (SSSR count). The van der Waals surface area contributed by atoms with Crippen LogP contribution in [0.5, 0.6) is 0 Å². The molecule has 1 saturated heterocycles. The maximum atomic E-state index is 12.5. The first kappa shape index (κ1) is 14.8. The lowest BCUT2D eigenvalue weighted by Crippen LogP contribution is -2.42. The third-order valence-corrected chi connectivity index (χ3v) is 3.67. The van der Waals surface area contributed by atoms with E-state index in [4.69, 9.17) is 13.6 Å². The van der Waals surface area contributed by atoms with Gasteiger partial charge in [-0.1, -0.05) is 13.8 Å². The van der Waals surface area contributed by atoms with Crippen molar-refractivity contribution in [2.24, 2.45) is 0 Å². The molecule has 118 valence electrons. The molecule has 7 nitrogen and oxygen atoms in total. The smallest absolute Gasteiger partial charge is 0.257 e. The maximum Gasteiger partial charge on any atom is 0.257 e. The number of morpholine rings is 1. The second-order valence-electron chi connectivity index (χ2n) is 5.63. The van der Waals surface area contributed by atoms with Crippen molar-refractivity contribution in [3.05, 3.63) is 35.4 Å². The van der Waals surface area contributed by atoms with Crippen LogP contribution >= 0.6 is 0 Å². The highest BCUT2D eigenvalue weighted by Crippen LogP contribution is 2.24. The molecule has 3 heterocycles. The molecule has 0 spiro atoms. The Hall–Kier alpha value is -2.15. The monoisotopic (exact) mass is 305 g/mol.